The van der Waals surface area contributed by atoms with Gasteiger partial charge in [0, 0.05) is 23.5 Å². The average Bonchev–Trinajstić information content (AvgIpc) is 3.03. The molecule has 0 saturated heterocycles. The first-order chi connectivity index (χ1) is 21.5. The molecule has 2 amide bonds. The minimum absolute atomic E-state index is 0.0799. The van der Waals surface area contributed by atoms with Crippen molar-refractivity contribution in [2.75, 3.05) is 10.8 Å². The smallest absolute Gasteiger partial charge is 0.264 e. The predicted octanol–water partition coefficient (Wildman–Crippen LogP) is 6.82. The maximum absolute atomic E-state index is 14.5. The second-order valence-corrected chi connectivity index (χ2v) is 14.1. The number of hydrogen-bond donors (Lipinski definition) is 1. The van der Waals surface area contributed by atoms with Crippen LogP contribution in [0.1, 0.15) is 42.5 Å². The second-order valence-electron chi connectivity index (χ2n) is 11.3. The Balaban J connectivity index is 1.80. The molecule has 0 radical (unpaired) electrons. The molecule has 2 atom stereocenters. The van der Waals surface area contributed by atoms with Crippen molar-refractivity contribution < 1.29 is 18.0 Å². The van der Waals surface area contributed by atoms with Gasteiger partial charge >= 0.3 is 0 Å². The lowest BCUT2D eigenvalue weighted by atomic mass is 10.0. The van der Waals surface area contributed by atoms with Crippen molar-refractivity contribution in [3.63, 3.8) is 0 Å². The molecule has 4 aromatic carbocycles. The van der Waals surface area contributed by atoms with Crippen LogP contribution in [0.4, 0.5) is 5.69 Å². The van der Waals surface area contributed by atoms with Gasteiger partial charge in [0.15, 0.2) is 0 Å². The highest BCUT2D eigenvalue weighted by atomic mass is 79.9. The first-order valence-corrected chi connectivity index (χ1v) is 17.3. The topological polar surface area (TPSA) is 86.8 Å². The van der Waals surface area contributed by atoms with Crippen molar-refractivity contribution in [1.29, 1.82) is 0 Å². The number of aryl methyl sites for hydroxylation is 2. The van der Waals surface area contributed by atoms with Crippen molar-refractivity contribution >= 4 is 43.5 Å². The van der Waals surface area contributed by atoms with Crippen molar-refractivity contribution in [2.24, 2.45) is 0 Å². The van der Waals surface area contributed by atoms with Crippen LogP contribution in [0.3, 0.4) is 0 Å². The molecule has 0 fully saturated rings. The van der Waals surface area contributed by atoms with E-state index in [0.717, 1.165) is 37.5 Å². The van der Waals surface area contributed by atoms with Gasteiger partial charge in [-0.1, -0.05) is 101 Å². The van der Waals surface area contributed by atoms with E-state index < -0.39 is 28.5 Å². The van der Waals surface area contributed by atoms with E-state index in [1.807, 2.05) is 94.4 Å². The van der Waals surface area contributed by atoms with E-state index in [4.69, 9.17) is 0 Å². The number of nitrogens with one attached hydrogen (secondary N) is 1. The van der Waals surface area contributed by atoms with Gasteiger partial charge in [-0.3, -0.25) is 13.9 Å². The number of sulfonamides is 1. The standard InChI is InChI=1S/C36H40BrN3O4S/c1-5-28(4)38-36(42)34(23-29-9-7-6-8-10-29)39(24-30-15-17-31(37)18-16-30)35(41)25-40(32-19-11-26(2)12-20-32)45(43,44)33-21-13-27(3)14-22-33/h6-22,28,34H,5,23-25H2,1-4H3,(H,38,42)/t28-,34-/m1/s1. The normalized spacial score (nSPS) is 12.6. The zero-order valence-corrected chi connectivity index (χ0v) is 28.5. The zero-order valence-electron chi connectivity index (χ0n) is 26.1. The molecule has 45 heavy (non-hydrogen) atoms. The van der Waals surface area contributed by atoms with Gasteiger partial charge in [-0.25, -0.2) is 8.42 Å². The molecule has 9 heteroatoms. The molecule has 0 aliphatic carbocycles. The molecule has 7 nitrogen and oxygen atoms in total. The SMILES string of the molecule is CC[C@@H](C)NC(=O)[C@@H](Cc1ccccc1)N(Cc1ccc(Br)cc1)C(=O)CN(c1ccc(C)cc1)S(=O)(=O)c1ccc(C)cc1. The van der Waals surface area contributed by atoms with Gasteiger partial charge in [-0.2, -0.15) is 0 Å². The first-order valence-electron chi connectivity index (χ1n) is 15.0. The largest absolute Gasteiger partial charge is 0.352 e. The number of anilines is 1. The van der Waals surface area contributed by atoms with Gasteiger partial charge in [-0.15, -0.1) is 0 Å². The van der Waals surface area contributed by atoms with Gasteiger partial charge in [-0.05, 0) is 74.7 Å². The molecule has 0 saturated carbocycles. The fraction of sp³-hybridized carbons (Fsp3) is 0.278. The summed E-state index contributed by atoms with van der Waals surface area (Å²) >= 11 is 3.47. The Hall–Kier alpha value is -3.95. The number of hydrogen-bond acceptors (Lipinski definition) is 4. The minimum Gasteiger partial charge on any atom is -0.352 e. The van der Waals surface area contributed by atoms with Gasteiger partial charge in [0.05, 0.1) is 10.6 Å². The molecule has 1 N–H and O–H groups in total. The predicted molar refractivity (Wildman–Crippen MR) is 183 cm³/mol. The highest BCUT2D eigenvalue weighted by Crippen LogP contribution is 2.26. The summed E-state index contributed by atoms with van der Waals surface area (Å²) in [6, 6.07) is 29.7. The summed E-state index contributed by atoms with van der Waals surface area (Å²) in [5.41, 5.74) is 3.94. The molecule has 0 aliphatic rings. The molecule has 0 aliphatic heterocycles. The summed E-state index contributed by atoms with van der Waals surface area (Å²) in [5.74, 6) is -0.781. The molecule has 236 valence electrons. The summed E-state index contributed by atoms with van der Waals surface area (Å²) in [6.07, 6.45) is 0.987. The maximum Gasteiger partial charge on any atom is 0.264 e. The highest BCUT2D eigenvalue weighted by molar-refractivity contribution is 9.10. The highest BCUT2D eigenvalue weighted by Gasteiger charge is 2.35. The molecule has 4 rings (SSSR count). The van der Waals surface area contributed by atoms with Crippen molar-refractivity contribution in [3.05, 3.63) is 130 Å². The third-order valence-corrected chi connectivity index (χ3v) is 10.1. The molecule has 0 bridgehead atoms. The van der Waals surface area contributed by atoms with E-state index in [1.54, 1.807) is 36.4 Å². The van der Waals surface area contributed by atoms with Crippen molar-refractivity contribution in [1.82, 2.24) is 10.2 Å². The average molecular weight is 691 g/mol. The lowest BCUT2D eigenvalue weighted by molar-refractivity contribution is -0.140. The summed E-state index contributed by atoms with van der Waals surface area (Å²) in [4.78, 5) is 30.0. The fourth-order valence-corrected chi connectivity index (χ4v) is 6.54. The van der Waals surface area contributed by atoms with E-state index in [2.05, 4.69) is 21.2 Å². The second kappa shape index (κ2) is 15.4. The minimum atomic E-state index is -4.14. The van der Waals surface area contributed by atoms with Crippen molar-refractivity contribution in [2.45, 2.75) is 64.1 Å². The van der Waals surface area contributed by atoms with E-state index in [-0.39, 0.29) is 29.8 Å². The van der Waals surface area contributed by atoms with E-state index in [1.165, 1.54) is 4.90 Å². The van der Waals surface area contributed by atoms with Gasteiger partial charge in [0.25, 0.3) is 10.0 Å². The van der Waals surface area contributed by atoms with Crippen molar-refractivity contribution in [3.8, 4) is 0 Å². The van der Waals surface area contributed by atoms with Gasteiger partial charge in [0.1, 0.15) is 12.6 Å². The fourth-order valence-electron chi connectivity index (χ4n) is 4.86. The Morgan fingerprint density at radius 1 is 0.800 bits per heavy atom. The van der Waals surface area contributed by atoms with Gasteiger partial charge < -0.3 is 10.2 Å². The Kier molecular flexibility index (Phi) is 11.6. The molecule has 0 unspecified atom stereocenters. The van der Waals surface area contributed by atoms with Crippen LogP contribution in [0.5, 0.6) is 0 Å². The Bertz CT molecular complexity index is 1680. The van der Waals surface area contributed by atoms with Crippen LogP contribution < -0.4 is 9.62 Å². The van der Waals surface area contributed by atoms with Crippen LogP contribution >= 0.6 is 15.9 Å². The maximum atomic E-state index is 14.5. The number of benzene rings is 4. The van der Waals surface area contributed by atoms with Crippen LogP contribution in [-0.4, -0.2) is 43.8 Å². The summed E-state index contributed by atoms with van der Waals surface area (Å²) < 4.78 is 30.3. The van der Waals surface area contributed by atoms with E-state index >= 15 is 0 Å². The lowest BCUT2D eigenvalue weighted by Crippen LogP contribution is -2.54. The van der Waals surface area contributed by atoms with Crippen LogP contribution in [0, 0.1) is 13.8 Å². The molecule has 4 aromatic rings. The molecular weight excluding hydrogens is 650 g/mol. The Labute approximate surface area is 275 Å². The third kappa shape index (κ3) is 9.05. The Morgan fingerprint density at radius 3 is 1.96 bits per heavy atom. The van der Waals surface area contributed by atoms with Gasteiger partial charge in [0.2, 0.25) is 11.8 Å². The first kappa shape index (κ1) is 33.9. The summed E-state index contributed by atoms with van der Waals surface area (Å²) in [7, 11) is -4.14. The summed E-state index contributed by atoms with van der Waals surface area (Å²) in [6.45, 7) is 7.33. The van der Waals surface area contributed by atoms with Crippen LogP contribution in [0.15, 0.2) is 112 Å². The number of carbonyl (C=O) groups is 2. The van der Waals surface area contributed by atoms with E-state index in [0.29, 0.717) is 5.69 Å². The van der Waals surface area contributed by atoms with Crippen LogP contribution in [0.25, 0.3) is 0 Å². The number of rotatable bonds is 13. The zero-order chi connectivity index (χ0) is 32.6. The van der Waals surface area contributed by atoms with Crippen LogP contribution in [0.2, 0.25) is 0 Å². The van der Waals surface area contributed by atoms with Crippen LogP contribution in [-0.2, 0) is 32.6 Å². The Morgan fingerprint density at radius 2 is 1.38 bits per heavy atom. The summed E-state index contributed by atoms with van der Waals surface area (Å²) in [5, 5.41) is 3.06. The number of halogens is 1. The molecular formula is C36H40BrN3O4S. The number of nitrogens with zero attached hydrogens (tertiary/aromatic N) is 2. The molecule has 0 spiro atoms. The third-order valence-electron chi connectivity index (χ3n) is 7.75. The quantitative estimate of drug-likeness (QED) is 0.167. The lowest BCUT2D eigenvalue weighted by Gasteiger charge is -2.34. The number of amides is 2. The number of carbonyl (C=O) groups excluding carboxylic acids is 2. The monoisotopic (exact) mass is 689 g/mol. The molecule has 0 heterocycles. The molecule has 0 aromatic heterocycles. The van der Waals surface area contributed by atoms with E-state index in [9.17, 15) is 18.0 Å².